The molecular formula is C12H9F5N2O. The van der Waals surface area contributed by atoms with Gasteiger partial charge < -0.3 is 0 Å². The number of rotatable bonds is 3. The highest BCUT2D eigenvalue weighted by Gasteiger charge is 2.62. The van der Waals surface area contributed by atoms with Crippen LogP contribution in [0, 0.1) is 0 Å². The van der Waals surface area contributed by atoms with E-state index in [-0.39, 0.29) is 5.69 Å². The SMILES string of the molecule is Cn1nc(CC(=O)C(F)(F)C(F)(F)F)c2ccccc21. The highest BCUT2D eigenvalue weighted by molar-refractivity contribution is 5.92. The van der Waals surface area contributed by atoms with E-state index in [1.165, 1.54) is 17.8 Å². The molecule has 1 aromatic carbocycles. The van der Waals surface area contributed by atoms with Crippen molar-refractivity contribution in [2.24, 2.45) is 7.05 Å². The number of hydrogen-bond donors (Lipinski definition) is 0. The molecule has 1 aromatic heterocycles. The minimum Gasteiger partial charge on any atom is -0.292 e. The molecule has 108 valence electrons. The number of nitrogens with zero attached hydrogens (tertiary/aromatic N) is 2. The van der Waals surface area contributed by atoms with Gasteiger partial charge in [-0.25, -0.2) is 0 Å². The molecule has 0 unspecified atom stereocenters. The topological polar surface area (TPSA) is 34.9 Å². The molecule has 2 rings (SSSR count). The summed E-state index contributed by atoms with van der Waals surface area (Å²) < 4.78 is 63.5. The van der Waals surface area contributed by atoms with Crippen LogP contribution in [0.1, 0.15) is 5.69 Å². The van der Waals surface area contributed by atoms with Gasteiger partial charge in [0.05, 0.1) is 17.6 Å². The van der Waals surface area contributed by atoms with Gasteiger partial charge in [-0.05, 0) is 6.07 Å². The van der Waals surface area contributed by atoms with E-state index in [0.717, 1.165) is 0 Å². The fourth-order valence-corrected chi connectivity index (χ4v) is 1.84. The Morgan fingerprint density at radius 2 is 1.80 bits per heavy atom. The summed E-state index contributed by atoms with van der Waals surface area (Å²) in [5.74, 6) is -7.58. The van der Waals surface area contributed by atoms with Crippen molar-refractivity contribution < 1.29 is 26.7 Å². The number of halogens is 5. The molecule has 3 nitrogen and oxygen atoms in total. The molecular weight excluding hydrogens is 283 g/mol. The Labute approximate surface area is 110 Å². The second-order valence-corrected chi connectivity index (χ2v) is 4.26. The maximum absolute atomic E-state index is 12.9. The summed E-state index contributed by atoms with van der Waals surface area (Å²) in [5, 5.41) is 4.20. The smallest absolute Gasteiger partial charge is 0.292 e. The predicted octanol–water partition coefficient (Wildman–Crippen LogP) is 2.88. The summed E-state index contributed by atoms with van der Waals surface area (Å²) in [6.07, 6.45) is -6.97. The molecule has 2 aromatic rings. The fourth-order valence-electron chi connectivity index (χ4n) is 1.84. The molecule has 1 heterocycles. The maximum Gasteiger partial charge on any atom is 0.461 e. The molecule has 0 fully saturated rings. The van der Waals surface area contributed by atoms with E-state index in [2.05, 4.69) is 5.10 Å². The van der Waals surface area contributed by atoms with Crippen LogP contribution < -0.4 is 0 Å². The Bertz CT molecular complexity index is 659. The summed E-state index contributed by atoms with van der Waals surface area (Å²) in [7, 11) is 1.51. The van der Waals surface area contributed by atoms with Crippen LogP contribution in [-0.2, 0) is 18.3 Å². The number of benzene rings is 1. The lowest BCUT2D eigenvalue weighted by Crippen LogP contribution is -2.44. The van der Waals surface area contributed by atoms with Crippen molar-refractivity contribution in [2.45, 2.75) is 18.5 Å². The summed E-state index contributed by atoms with van der Waals surface area (Å²) in [6.45, 7) is 0. The number of carbonyl (C=O) groups excluding carboxylic acids is 1. The van der Waals surface area contributed by atoms with Gasteiger partial charge in [0.1, 0.15) is 0 Å². The number of ketones is 1. The summed E-state index contributed by atoms with van der Waals surface area (Å²) in [6, 6.07) is 6.38. The average molecular weight is 292 g/mol. The van der Waals surface area contributed by atoms with E-state index >= 15 is 0 Å². The van der Waals surface area contributed by atoms with Gasteiger partial charge in [0.25, 0.3) is 0 Å². The maximum atomic E-state index is 12.9. The quantitative estimate of drug-likeness (QED) is 0.815. The van der Waals surface area contributed by atoms with E-state index in [1.807, 2.05) is 0 Å². The number of aryl methyl sites for hydroxylation is 1. The van der Waals surface area contributed by atoms with Gasteiger partial charge in [0.2, 0.25) is 5.78 Å². The Hall–Kier alpha value is -1.99. The molecule has 0 radical (unpaired) electrons. The zero-order chi connectivity index (χ0) is 15.1. The Kier molecular flexibility index (Phi) is 3.27. The normalized spacial score (nSPS) is 12.9. The first-order valence-corrected chi connectivity index (χ1v) is 5.53. The van der Waals surface area contributed by atoms with Crippen LogP contribution in [-0.4, -0.2) is 27.7 Å². The molecule has 0 amide bonds. The monoisotopic (exact) mass is 292 g/mol. The molecule has 0 spiro atoms. The summed E-state index contributed by atoms with van der Waals surface area (Å²) in [4.78, 5) is 11.2. The van der Waals surface area contributed by atoms with Gasteiger partial charge in [-0.2, -0.15) is 27.1 Å². The van der Waals surface area contributed by atoms with Crippen molar-refractivity contribution in [2.75, 3.05) is 0 Å². The highest BCUT2D eigenvalue weighted by atomic mass is 19.4. The summed E-state index contributed by atoms with van der Waals surface area (Å²) in [5.41, 5.74) is 0.447. The number of alkyl halides is 5. The van der Waals surface area contributed by atoms with Crippen LogP contribution >= 0.6 is 0 Å². The largest absolute Gasteiger partial charge is 0.461 e. The zero-order valence-corrected chi connectivity index (χ0v) is 10.2. The number of aromatic nitrogens is 2. The Morgan fingerprint density at radius 3 is 2.40 bits per heavy atom. The lowest BCUT2D eigenvalue weighted by atomic mass is 10.1. The van der Waals surface area contributed by atoms with Gasteiger partial charge in [-0.1, -0.05) is 18.2 Å². The fraction of sp³-hybridized carbons (Fsp3) is 0.333. The van der Waals surface area contributed by atoms with E-state index < -0.39 is 24.3 Å². The van der Waals surface area contributed by atoms with Crippen molar-refractivity contribution in [3.05, 3.63) is 30.0 Å². The lowest BCUT2D eigenvalue weighted by molar-refractivity contribution is -0.268. The van der Waals surface area contributed by atoms with Crippen LogP contribution in [0.25, 0.3) is 10.9 Å². The van der Waals surface area contributed by atoms with Crippen molar-refractivity contribution in [3.8, 4) is 0 Å². The van der Waals surface area contributed by atoms with Crippen molar-refractivity contribution in [3.63, 3.8) is 0 Å². The first kappa shape index (κ1) is 14.4. The third-order valence-corrected chi connectivity index (χ3v) is 2.87. The molecule has 0 aliphatic rings. The number of carbonyl (C=O) groups is 1. The van der Waals surface area contributed by atoms with Gasteiger partial charge >= 0.3 is 12.1 Å². The molecule has 8 heteroatoms. The Morgan fingerprint density at radius 1 is 1.20 bits per heavy atom. The number of hydrogen-bond acceptors (Lipinski definition) is 2. The molecule has 0 saturated carbocycles. The second-order valence-electron chi connectivity index (χ2n) is 4.26. The van der Waals surface area contributed by atoms with Crippen molar-refractivity contribution in [1.29, 1.82) is 0 Å². The van der Waals surface area contributed by atoms with Crippen LogP contribution in [0.15, 0.2) is 24.3 Å². The minimum absolute atomic E-state index is 0.1000. The molecule has 0 bridgehead atoms. The standard InChI is InChI=1S/C12H9F5N2O/c1-19-9-5-3-2-4-7(9)8(18-19)6-10(20)11(13,14)12(15,16)17/h2-5H,6H2,1H3. The van der Waals surface area contributed by atoms with Gasteiger partial charge in [0, 0.05) is 12.4 Å². The molecule has 0 N–H and O–H groups in total. The lowest BCUT2D eigenvalue weighted by Gasteiger charge is -2.17. The number of para-hydroxylation sites is 1. The predicted molar refractivity (Wildman–Crippen MR) is 60.4 cm³/mol. The third kappa shape index (κ3) is 2.25. The number of Topliss-reactive ketones (excluding diaryl/α,β-unsaturated/α-hetero) is 1. The molecule has 0 aliphatic carbocycles. The minimum atomic E-state index is -5.89. The van der Waals surface area contributed by atoms with Gasteiger partial charge in [-0.3, -0.25) is 9.48 Å². The molecule has 20 heavy (non-hydrogen) atoms. The van der Waals surface area contributed by atoms with Crippen molar-refractivity contribution in [1.82, 2.24) is 9.78 Å². The van der Waals surface area contributed by atoms with Crippen LogP contribution in [0.3, 0.4) is 0 Å². The highest BCUT2D eigenvalue weighted by Crippen LogP contribution is 2.37. The third-order valence-electron chi connectivity index (χ3n) is 2.87. The summed E-state index contributed by atoms with van der Waals surface area (Å²) >= 11 is 0. The first-order chi connectivity index (χ1) is 9.14. The van der Waals surface area contributed by atoms with Gasteiger partial charge in [0.15, 0.2) is 0 Å². The Balaban J connectivity index is 2.36. The second kappa shape index (κ2) is 4.53. The van der Waals surface area contributed by atoms with Gasteiger partial charge in [-0.15, -0.1) is 0 Å². The van der Waals surface area contributed by atoms with E-state index in [9.17, 15) is 26.7 Å². The zero-order valence-electron chi connectivity index (χ0n) is 10.2. The molecule has 0 aliphatic heterocycles. The van der Waals surface area contributed by atoms with E-state index in [0.29, 0.717) is 10.9 Å². The van der Waals surface area contributed by atoms with Crippen LogP contribution in [0.4, 0.5) is 22.0 Å². The first-order valence-electron chi connectivity index (χ1n) is 5.53. The van der Waals surface area contributed by atoms with Crippen LogP contribution in [0.5, 0.6) is 0 Å². The molecule has 0 atom stereocenters. The molecule has 0 saturated heterocycles. The van der Waals surface area contributed by atoms with Crippen molar-refractivity contribution >= 4 is 16.7 Å². The average Bonchev–Trinajstić information content (AvgIpc) is 2.65. The van der Waals surface area contributed by atoms with E-state index in [4.69, 9.17) is 0 Å². The van der Waals surface area contributed by atoms with Crippen LogP contribution in [0.2, 0.25) is 0 Å². The van der Waals surface area contributed by atoms with E-state index in [1.54, 1.807) is 18.2 Å². The number of fused-ring (bicyclic) bond motifs is 1.